The maximum Gasteiger partial charge on any atom is 0.341 e. The number of nitrogens with one attached hydrogen (secondary N) is 2. The number of carbonyl (C=O) groups excluding carboxylic acids is 1. The van der Waals surface area contributed by atoms with Gasteiger partial charge in [0.05, 0.1) is 12.7 Å². The van der Waals surface area contributed by atoms with Gasteiger partial charge in [0.25, 0.3) is 0 Å². The summed E-state index contributed by atoms with van der Waals surface area (Å²) in [7, 11) is 1.40. The highest BCUT2D eigenvalue weighted by molar-refractivity contribution is 7.80. The van der Waals surface area contributed by atoms with E-state index in [0.29, 0.717) is 10.7 Å². The summed E-state index contributed by atoms with van der Waals surface area (Å²) in [5, 5.41) is 7.69. The van der Waals surface area contributed by atoms with Gasteiger partial charge in [-0.1, -0.05) is 37.3 Å². The van der Waals surface area contributed by atoms with E-state index < -0.39 is 0 Å². The Hall–Kier alpha value is -1.92. The van der Waals surface area contributed by atoms with E-state index in [1.807, 2.05) is 19.9 Å². The van der Waals surface area contributed by atoms with Gasteiger partial charge in [-0.15, -0.1) is 11.3 Å². The van der Waals surface area contributed by atoms with Crippen molar-refractivity contribution in [3.63, 3.8) is 0 Å². The number of anilines is 1. The van der Waals surface area contributed by atoms with Crippen LogP contribution in [0.25, 0.3) is 0 Å². The van der Waals surface area contributed by atoms with E-state index in [1.54, 1.807) is 0 Å². The highest BCUT2D eigenvalue weighted by atomic mass is 32.1. The average Bonchev–Trinajstić information content (AvgIpc) is 2.96. The van der Waals surface area contributed by atoms with Crippen LogP contribution in [-0.2, 0) is 17.6 Å². The van der Waals surface area contributed by atoms with Gasteiger partial charge in [-0.05, 0) is 56.0 Å². The quantitative estimate of drug-likeness (QED) is 0.388. The minimum Gasteiger partial charge on any atom is -0.465 e. The minimum absolute atomic E-state index is 0.320. The molecular weight excluding hydrogens is 364 g/mol. The molecule has 0 unspecified atom stereocenters. The molecule has 2 aromatic rings. The number of carbonyl (C=O) groups is 1. The Morgan fingerprint density at radius 3 is 2.62 bits per heavy atom. The molecule has 0 aliphatic carbocycles. The maximum atomic E-state index is 12.1. The molecule has 140 valence electrons. The third kappa shape index (κ3) is 5.54. The molecule has 1 heterocycles. The first-order valence-electron chi connectivity index (χ1n) is 8.86. The topological polar surface area (TPSA) is 50.4 Å². The molecule has 0 aliphatic heterocycles. The number of thiocarbonyl (C=S) groups is 1. The summed E-state index contributed by atoms with van der Waals surface area (Å²) in [4.78, 5) is 13.2. The molecule has 26 heavy (non-hydrogen) atoms. The molecular formula is C20H26N2O2S2. The number of hydrogen-bond donors (Lipinski definition) is 2. The van der Waals surface area contributed by atoms with Crippen LogP contribution in [0.3, 0.4) is 0 Å². The first kappa shape index (κ1) is 20.4. The number of methoxy groups -OCH3 is 1. The van der Waals surface area contributed by atoms with Crippen LogP contribution >= 0.6 is 23.6 Å². The van der Waals surface area contributed by atoms with Crippen LogP contribution in [-0.4, -0.2) is 24.7 Å². The van der Waals surface area contributed by atoms with Crippen LogP contribution in [0, 0.1) is 6.92 Å². The van der Waals surface area contributed by atoms with Gasteiger partial charge in [0.15, 0.2) is 5.11 Å². The molecule has 4 nitrogen and oxygen atoms in total. The van der Waals surface area contributed by atoms with E-state index in [-0.39, 0.29) is 5.97 Å². The molecule has 1 aromatic heterocycles. The summed E-state index contributed by atoms with van der Waals surface area (Å²) in [6.07, 6.45) is 3.99. The Labute approximate surface area is 165 Å². The molecule has 0 amide bonds. The van der Waals surface area contributed by atoms with E-state index in [2.05, 4.69) is 34.9 Å². The van der Waals surface area contributed by atoms with Gasteiger partial charge in [0, 0.05) is 11.4 Å². The third-order valence-electron chi connectivity index (χ3n) is 4.20. The smallest absolute Gasteiger partial charge is 0.341 e. The van der Waals surface area contributed by atoms with Gasteiger partial charge in [-0.2, -0.15) is 0 Å². The second kappa shape index (κ2) is 10.3. The van der Waals surface area contributed by atoms with Crippen LogP contribution in [0.2, 0.25) is 0 Å². The largest absolute Gasteiger partial charge is 0.465 e. The monoisotopic (exact) mass is 390 g/mol. The lowest BCUT2D eigenvalue weighted by atomic mass is 10.1. The number of unbranched alkanes of at least 4 members (excludes halogenated alkanes) is 1. The molecule has 6 heteroatoms. The fourth-order valence-electron chi connectivity index (χ4n) is 2.86. The van der Waals surface area contributed by atoms with Gasteiger partial charge in [0.1, 0.15) is 5.00 Å². The highest BCUT2D eigenvalue weighted by Gasteiger charge is 2.22. The van der Waals surface area contributed by atoms with Crippen molar-refractivity contribution in [3.8, 4) is 0 Å². The van der Waals surface area contributed by atoms with Crippen molar-refractivity contribution in [3.05, 3.63) is 51.9 Å². The molecule has 0 saturated carbocycles. The fourth-order valence-corrected chi connectivity index (χ4v) is 4.26. The number of thiophene rings is 1. The second-order valence-corrected chi connectivity index (χ2v) is 7.64. The number of benzene rings is 1. The summed E-state index contributed by atoms with van der Waals surface area (Å²) in [6.45, 7) is 4.85. The van der Waals surface area contributed by atoms with Gasteiger partial charge in [-0.25, -0.2) is 4.79 Å². The zero-order valence-electron chi connectivity index (χ0n) is 15.6. The lowest BCUT2D eigenvalue weighted by Crippen LogP contribution is -2.29. The number of hydrogen-bond acceptors (Lipinski definition) is 4. The van der Waals surface area contributed by atoms with E-state index in [1.165, 1.54) is 24.0 Å². The van der Waals surface area contributed by atoms with E-state index in [0.717, 1.165) is 47.7 Å². The molecule has 0 radical (unpaired) electrons. The van der Waals surface area contributed by atoms with Crippen LogP contribution in [0.5, 0.6) is 0 Å². The Morgan fingerprint density at radius 1 is 1.23 bits per heavy atom. The highest BCUT2D eigenvalue weighted by Crippen LogP contribution is 2.33. The van der Waals surface area contributed by atoms with Gasteiger partial charge in [-0.3, -0.25) is 0 Å². The standard InChI is InChI=1S/C20H26N2O2S2/c1-4-16-14(2)26-18(17(16)19(23)24-3)22-20(25)21-13-9-8-12-15-10-6-5-7-11-15/h5-7,10-11H,4,8-9,12-13H2,1-3H3,(H2,21,22,25). The first-order chi connectivity index (χ1) is 12.6. The summed E-state index contributed by atoms with van der Waals surface area (Å²) in [6, 6.07) is 10.5. The summed E-state index contributed by atoms with van der Waals surface area (Å²) in [5.41, 5.74) is 2.98. The maximum absolute atomic E-state index is 12.1. The third-order valence-corrected chi connectivity index (χ3v) is 5.51. The molecule has 2 N–H and O–H groups in total. The average molecular weight is 391 g/mol. The van der Waals surface area contributed by atoms with Crippen LogP contribution in [0.4, 0.5) is 5.00 Å². The number of rotatable bonds is 8. The SMILES string of the molecule is CCc1c(C)sc(NC(=S)NCCCCc2ccccc2)c1C(=O)OC. The molecule has 0 aliphatic rings. The minimum atomic E-state index is -0.320. The summed E-state index contributed by atoms with van der Waals surface area (Å²) in [5.74, 6) is -0.320. The van der Waals surface area contributed by atoms with E-state index in [4.69, 9.17) is 17.0 Å². The summed E-state index contributed by atoms with van der Waals surface area (Å²) < 4.78 is 4.93. The normalized spacial score (nSPS) is 10.4. The zero-order valence-corrected chi connectivity index (χ0v) is 17.2. The Kier molecular flexibility index (Phi) is 8.06. The van der Waals surface area contributed by atoms with E-state index >= 15 is 0 Å². The van der Waals surface area contributed by atoms with Crippen LogP contribution in [0.15, 0.2) is 30.3 Å². The molecule has 2 rings (SSSR count). The van der Waals surface area contributed by atoms with Crippen molar-refractivity contribution in [1.82, 2.24) is 5.32 Å². The zero-order chi connectivity index (χ0) is 18.9. The van der Waals surface area contributed by atoms with Crippen LogP contribution in [0.1, 0.15) is 46.1 Å². The van der Waals surface area contributed by atoms with Crippen molar-refractivity contribution in [2.24, 2.45) is 0 Å². The molecule has 1 aromatic carbocycles. The van der Waals surface area contributed by atoms with Crippen molar-refractivity contribution >= 4 is 39.6 Å². The van der Waals surface area contributed by atoms with Crippen LogP contribution < -0.4 is 10.6 Å². The molecule has 0 fully saturated rings. The van der Waals surface area contributed by atoms with Crippen molar-refractivity contribution in [2.75, 3.05) is 19.0 Å². The predicted molar refractivity (Wildman–Crippen MR) is 113 cm³/mol. The Bertz CT molecular complexity index is 742. The number of ether oxygens (including phenoxy) is 1. The van der Waals surface area contributed by atoms with Crippen molar-refractivity contribution in [1.29, 1.82) is 0 Å². The molecule has 0 bridgehead atoms. The van der Waals surface area contributed by atoms with Gasteiger partial charge in [0.2, 0.25) is 0 Å². The number of aryl methyl sites for hydroxylation is 2. The molecule has 0 spiro atoms. The fraction of sp³-hybridized carbons (Fsp3) is 0.400. The predicted octanol–water partition coefficient (Wildman–Crippen LogP) is 4.71. The van der Waals surface area contributed by atoms with Gasteiger partial charge < -0.3 is 15.4 Å². The lowest BCUT2D eigenvalue weighted by molar-refractivity contribution is 0.0601. The summed E-state index contributed by atoms with van der Waals surface area (Å²) >= 11 is 6.92. The lowest BCUT2D eigenvalue weighted by Gasteiger charge is -2.11. The Balaban J connectivity index is 1.83. The second-order valence-electron chi connectivity index (χ2n) is 6.01. The number of esters is 1. The van der Waals surface area contributed by atoms with Crippen molar-refractivity contribution in [2.45, 2.75) is 39.5 Å². The Morgan fingerprint density at radius 2 is 1.96 bits per heavy atom. The van der Waals surface area contributed by atoms with E-state index in [9.17, 15) is 4.79 Å². The van der Waals surface area contributed by atoms with Gasteiger partial charge >= 0.3 is 5.97 Å². The molecule has 0 atom stereocenters. The molecule has 0 saturated heterocycles. The first-order valence-corrected chi connectivity index (χ1v) is 10.1. The van der Waals surface area contributed by atoms with Crippen molar-refractivity contribution < 1.29 is 9.53 Å².